The molecule has 1 unspecified atom stereocenters. The third kappa shape index (κ3) is 2.87. The normalized spacial score (nSPS) is 19.6. The lowest BCUT2D eigenvalue weighted by Crippen LogP contribution is -2.22. The Hall–Kier alpha value is -0.870. The van der Waals surface area contributed by atoms with Crippen LogP contribution < -0.4 is 4.90 Å². The molecule has 0 saturated carbocycles. The first-order valence-corrected chi connectivity index (χ1v) is 6.52. The zero-order valence-corrected chi connectivity index (χ0v) is 11.4. The molecule has 1 aromatic carbocycles. The molecule has 1 fully saturated rings. The summed E-state index contributed by atoms with van der Waals surface area (Å²) in [4.78, 5) is 13.3. The second kappa shape index (κ2) is 5.65. The molecule has 1 aromatic rings. The maximum Gasteiger partial charge on any atom is 0.152 e. The number of carbonyl (C=O) groups is 1. The van der Waals surface area contributed by atoms with Crippen LogP contribution in [0.4, 0.5) is 5.69 Å². The lowest BCUT2D eigenvalue weighted by Gasteiger charge is -2.20. The van der Waals surface area contributed by atoms with Gasteiger partial charge in [0.25, 0.3) is 0 Å². The molecule has 92 valence electrons. The molecule has 1 saturated heterocycles. The van der Waals surface area contributed by atoms with Gasteiger partial charge in [-0.25, -0.2) is 0 Å². The average molecular weight is 298 g/mol. The van der Waals surface area contributed by atoms with Gasteiger partial charge in [-0.15, -0.1) is 0 Å². The van der Waals surface area contributed by atoms with Crippen LogP contribution in [-0.4, -0.2) is 33.1 Å². The molecule has 0 aliphatic carbocycles. The van der Waals surface area contributed by atoms with E-state index in [9.17, 15) is 4.79 Å². The van der Waals surface area contributed by atoms with Crippen molar-refractivity contribution >= 4 is 27.9 Å². The lowest BCUT2D eigenvalue weighted by atomic mass is 10.1. The summed E-state index contributed by atoms with van der Waals surface area (Å²) in [6.07, 6.45) is 2.05. The highest BCUT2D eigenvalue weighted by molar-refractivity contribution is 9.10. The first-order valence-electron chi connectivity index (χ1n) is 5.73. The fourth-order valence-corrected chi connectivity index (χ4v) is 2.66. The molecular formula is C13H16BrNO2. The number of methoxy groups -OCH3 is 1. The smallest absolute Gasteiger partial charge is 0.152 e. The minimum atomic E-state index is 0.568. The monoisotopic (exact) mass is 297 g/mol. The lowest BCUT2D eigenvalue weighted by molar-refractivity contribution is 0.112. The summed E-state index contributed by atoms with van der Waals surface area (Å²) < 4.78 is 6.19. The van der Waals surface area contributed by atoms with Gasteiger partial charge in [0.15, 0.2) is 6.29 Å². The molecule has 1 aliphatic heterocycles. The molecule has 0 spiro atoms. The van der Waals surface area contributed by atoms with Crippen molar-refractivity contribution in [3.8, 4) is 0 Å². The van der Waals surface area contributed by atoms with E-state index >= 15 is 0 Å². The summed E-state index contributed by atoms with van der Waals surface area (Å²) in [5.74, 6) is 0.568. The highest BCUT2D eigenvalue weighted by Gasteiger charge is 2.24. The Morgan fingerprint density at radius 1 is 1.59 bits per heavy atom. The van der Waals surface area contributed by atoms with Gasteiger partial charge in [0.05, 0.1) is 6.61 Å². The van der Waals surface area contributed by atoms with Crippen molar-refractivity contribution in [2.45, 2.75) is 6.42 Å². The second-order valence-corrected chi connectivity index (χ2v) is 5.29. The van der Waals surface area contributed by atoms with Crippen LogP contribution in [0.1, 0.15) is 16.8 Å². The van der Waals surface area contributed by atoms with Crippen molar-refractivity contribution in [3.63, 3.8) is 0 Å². The van der Waals surface area contributed by atoms with Crippen LogP contribution in [0.25, 0.3) is 0 Å². The fraction of sp³-hybridized carbons (Fsp3) is 0.462. The fourth-order valence-electron chi connectivity index (χ4n) is 2.31. The Kier molecular flexibility index (Phi) is 4.18. The number of rotatable bonds is 4. The number of hydrogen-bond acceptors (Lipinski definition) is 3. The number of halogens is 1. The van der Waals surface area contributed by atoms with Crippen LogP contribution in [-0.2, 0) is 4.74 Å². The summed E-state index contributed by atoms with van der Waals surface area (Å²) in [7, 11) is 1.73. The van der Waals surface area contributed by atoms with E-state index in [-0.39, 0.29) is 0 Å². The average Bonchev–Trinajstić information content (AvgIpc) is 2.78. The van der Waals surface area contributed by atoms with E-state index in [0.717, 1.165) is 48.1 Å². The van der Waals surface area contributed by atoms with Crippen molar-refractivity contribution < 1.29 is 9.53 Å². The van der Waals surface area contributed by atoms with Crippen LogP contribution in [0.15, 0.2) is 22.7 Å². The number of ether oxygens (including phenoxy) is 1. The number of carbonyl (C=O) groups excluding carboxylic acids is 1. The molecule has 2 rings (SSSR count). The SMILES string of the molecule is COCC1CCN(c2cc(Br)ccc2C=O)C1. The molecule has 17 heavy (non-hydrogen) atoms. The number of nitrogens with zero attached hydrogens (tertiary/aromatic N) is 1. The van der Waals surface area contributed by atoms with E-state index < -0.39 is 0 Å². The predicted octanol–water partition coefficient (Wildman–Crippen LogP) is 2.73. The van der Waals surface area contributed by atoms with Crippen molar-refractivity contribution in [2.75, 3.05) is 31.7 Å². The van der Waals surface area contributed by atoms with Crippen molar-refractivity contribution in [1.82, 2.24) is 0 Å². The van der Waals surface area contributed by atoms with Gasteiger partial charge in [-0.2, -0.15) is 0 Å². The van der Waals surface area contributed by atoms with Crippen LogP contribution in [0.3, 0.4) is 0 Å². The molecule has 0 aromatic heterocycles. The molecule has 0 amide bonds. The van der Waals surface area contributed by atoms with E-state index in [0.29, 0.717) is 5.92 Å². The summed E-state index contributed by atoms with van der Waals surface area (Å²) in [5, 5.41) is 0. The molecule has 0 radical (unpaired) electrons. The van der Waals surface area contributed by atoms with Gasteiger partial charge in [0.1, 0.15) is 0 Å². The number of anilines is 1. The molecule has 4 heteroatoms. The summed E-state index contributed by atoms with van der Waals surface area (Å²) >= 11 is 3.45. The highest BCUT2D eigenvalue weighted by Crippen LogP contribution is 2.29. The molecule has 3 nitrogen and oxygen atoms in total. The second-order valence-electron chi connectivity index (χ2n) is 4.38. The Balaban J connectivity index is 2.17. The minimum absolute atomic E-state index is 0.568. The van der Waals surface area contributed by atoms with Gasteiger partial charge in [-0.05, 0) is 24.6 Å². The van der Waals surface area contributed by atoms with E-state index in [1.807, 2.05) is 18.2 Å². The van der Waals surface area contributed by atoms with Crippen molar-refractivity contribution in [1.29, 1.82) is 0 Å². The largest absolute Gasteiger partial charge is 0.384 e. The van der Waals surface area contributed by atoms with Gasteiger partial charge in [-0.3, -0.25) is 4.79 Å². The number of aldehydes is 1. The van der Waals surface area contributed by atoms with E-state index in [1.54, 1.807) is 7.11 Å². The van der Waals surface area contributed by atoms with Crippen LogP contribution in [0.5, 0.6) is 0 Å². The zero-order valence-electron chi connectivity index (χ0n) is 9.86. The van der Waals surface area contributed by atoms with Gasteiger partial charge in [0, 0.05) is 41.8 Å². The van der Waals surface area contributed by atoms with Gasteiger partial charge >= 0.3 is 0 Å². The van der Waals surface area contributed by atoms with E-state index in [2.05, 4.69) is 20.8 Å². The Morgan fingerprint density at radius 3 is 3.12 bits per heavy atom. The number of hydrogen-bond donors (Lipinski definition) is 0. The van der Waals surface area contributed by atoms with Crippen LogP contribution >= 0.6 is 15.9 Å². The Labute approximate surface area is 110 Å². The first kappa shape index (κ1) is 12.6. The summed E-state index contributed by atoms with van der Waals surface area (Å²) in [6, 6.07) is 5.77. The van der Waals surface area contributed by atoms with Crippen molar-refractivity contribution in [2.24, 2.45) is 5.92 Å². The van der Waals surface area contributed by atoms with Gasteiger partial charge in [-0.1, -0.05) is 15.9 Å². The quantitative estimate of drug-likeness (QED) is 0.801. The maximum absolute atomic E-state index is 11.0. The molecule has 1 atom stereocenters. The minimum Gasteiger partial charge on any atom is -0.384 e. The molecule has 0 N–H and O–H groups in total. The third-order valence-corrected chi connectivity index (χ3v) is 3.64. The first-order chi connectivity index (χ1) is 8.24. The molecule has 0 bridgehead atoms. The van der Waals surface area contributed by atoms with E-state index in [4.69, 9.17) is 4.74 Å². The van der Waals surface area contributed by atoms with Gasteiger partial charge < -0.3 is 9.64 Å². The van der Waals surface area contributed by atoms with Crippen molar-refractivity contribution in [3.05, 3.63) is 28.2 Å². The Bertz CT molecular complexity index is 408. The van der Waals surface area contributed by atoms with Crippen LogP contribution in [0.2, 0.25) is 0 Å². The molecule has 1 heterocycles. The standard InChI is InChI=1S/C13H16BrNO2/c1-17-9-10-4-5-15(7-10)13-6-12(14)3-2-11(13)8-16/h2-3,6,8,10H,4-5,7,9H2,1H3. The van der Waals surface area contributed by atoms with Crippen LogP contribution in [0, 0.1) is 5.92 Å². The van der Waals surface area contributed by atoms with E-state index in [1.165, 1.54) is 0 Å². The summed E-state index contributed by atoms with van der Waals surface area (Å²) in [6.45, 7) is 2.75. The number of benzene rings is 1. The zero-order chi connectivity index (χ0) is 12.3. The molecular weight excluding hydrogens is 282 g/mol. The predicted molar refractivity (Wildman–Crippen MR) is 71.7 cm³/mol. The maximum atomic E-state index is 11.0. The molecule has 1 aliphatic rings. The Morgan fingerprint density at radius 2 is 2.41 bits per heavy atom. The highest BCUT2D eigenvalue weighted by atomic mass is 79.9. The van der Waals surface area contributed by atoms with Gasteiger partial charge in [0.2, 0.25) is 0 Å². The third-order valence-electron chi connectivity index (χ3n) is 3.15. The topological polar surface area (TPSA) is 29.5 Å². The summed E-state index contributed by atoms with van der Waals surface area (Å²) in [5.41, 5.74) is 1.78.